The van der Waals surface area contributed by atoms with Crippen LogP contribution in [0.25, 0.3) is 0 Å². The molecule has 0 radical (unpaired) electrons. The lowest BCUT2D eigenvalue weighted by Gasteiger charge is -2.27. The Kier molecular flexibility index (Phi) is 10.4. The smallest absolute Gasteiger partial charge is 0.326 e. The van der Waals surface area contributed by atoms with Gasteiger partial charge in [0, 0.05) is 13.0 Å². The van der Waals surface area contributed by atoms with E-state index in [9.17, 15) is 34.2 Å². The fourth-order valence-corrected chi connectivity index (χ4v) is 4.30. The number of carboxylic acid groups (broad SMARTS) is 1. The van der Waals surface area contributed by atoms with Crippen molar-refractivity contribution in [1.29, 1.82) is 0 Å². The number of phenols is 1. The van der Waals surface area contributed by atoms with E-state index in [4.69, 9.17) is 5.73 Å². The summed E-state index contributed by atoms with van der Waals surface area (Å²) in [6.45, 7) is -0.576. The molecule has 0 aliphatic carbocycles. The summed E-state index contributed by atoms with van der Waals surface area (Å²) in [5.41, 5.74) is 7.39. The van der Waals surface area contributed by atoms with Crippen molar-refractivity contribution in [1.82, 2.24) is 20.9 Å². The zero-order valence-electron chi connectivity index (χ0n) is 21.3. The molecule has 2 aromatic carbocycles. The molecule has 3 atom stereocenters. The van der Waals surface area contributed by atoms with Gasteiger partial charge < -0.3 is 36.8 Å². The molecule has 1 saturated heterocycles. The van der Waals surface area contributed by atoms with Crippen LogP contribution in [0.4, 0.5) is 0 Å². The fraction of sp³-hybridized carbons (Fsp3) is 0.370. The number of nitrogens with zero attached hydrogens (tertiary/aromatic N) is 1. The summed E-state index contributed by atoms with van der Waals surface area (Å²) in [5.74, 6) is -3.34. The summed E-state index contributed by atoms with van der Waals surface area (Å²) in [6.07, 6.45) is 1.24. The first kappa shape index (κ1) is 29.1. The lowest BCUT2D eigenvalue weighted by Crippen LogP contribution is -2.54. The molecule has 3 rings (SSSR count). The number of phenolic OH excluding ortho intramolecular Hbond substituents is 1. The fourth-order valence-electron chi connectivity index (χ4n) is 4.30. The summed E-state index contributed by atoms with van der Waals surface area (Å²) in [5, 5.41) is 26.2. The van der Waals surface area contributed by atoms with Crippen molar-refractivity contribution in [3.8, 4) is 5.75 Å². The summed E-state index contributed by atoms with van der Waals surface area (Å²) in [4.78, 5) is 63.1. The number of hydrogen-bond donors (Lipinski definition) is 6. The molecule has 12 heteroatoms. The van der Waals surface area contributed by atoms with Gasteiger partial charge in [-0.3, -0.25) is 19.2 Å². The van der Waals surface area contributed by atoms with Crippen molar-refractivity contribution in [2.45, 2.75) is 43.8 Å². The number of amides is 4. The molecule has 39 heavy (non-hydrogen) atoms. The van der Waals surface area contributed by atoms with Crippen LogP contribution in [0.1, 0.15) is 24.0 Å². The lowest BCUT2D eigenvalue weighted by atomic mass is 10.0. The van der Waals surface area contributed by atoms with Crippen molar-refractivity contribution in [3.05, 3.63) is 65.7 Å². The first-order valence-corrected chi connectivity index (χ1v) is 12.6. The van der Waals surface area contributed by atoms with Gasteiger partial charge in [-0.15, -0.1) is 0 Å². The van der Waals surface area contributed by atoms with Crippen molar-refractivity contribution < 1.29 is 34.2 Å². The third-order valence-corrected chi connectivity index (χ3v) is 6.33. The van der Waals surface area contributed by atoms with E-state index in [2.05, 4.69) is 16.0 Å². The minimum absolute atomic E-state index is 0.0914. The van der Waals surface area contributed by atoms with Crippen LogP contribution < -0.4 is 21.7 Å². The lowest BCUT2D eigenvalue weighted by molar-refractivity contribution is -0.149. The average Bonchev–Trinajstić information content (AvgIpc) is 3.42. The van der Waals surface area contributed by atoms with Crippen LogP contribution in [0.15, 0.2) is 54.6 Å². The Bertz CT molecular complexity index is 1170. The molecule has 0 unspecified atom stereocenters. The molecule has 208 valence electrons. The molecule has 7 N–H and O–H groups in total. The van der Waals surface area contributed by atoms with E-state index in [0.29, 0.717) is 12.8 Å². The Morgan fingerprint density at radius 1 is 0.897 bits per heavy atom. The maximum absolute atomic E-state index is 13.2. The first-order valence-electron chi connectivity index (χ1n) is 12.6. The number of benzene rings is 2. The van der Waals surface area contributed by atoms with Crippen LogP contribution in [0.2, 0.25) is 0 Å². The van der Waals surface area contributed by atoms with Crippen molar-refractivity contribution in [3.63, 3.8) is 0 Å². The number of aliphatic carboxylic acids is 1. The van der Waals surface area contributed by atoms with E-state index in [0.717, 1.165) is 11.1 Å². The highest BCUT2D eigenvalue weighted by atomic mass is 16.4. The molecule has 0 saturated carbocycles. The second kappa shape index (κ2) is 13.9. The molecule has 1 fully saturated rings. The van der Waals surface area contributed by atoms with E-state index < -0.39 is 60.8 Å². The number of rotatable bonds is 12. The predicted molar refractivity (Wildman–Crippen MR) is 140 cm³/mol. The maximum atomic E-state index is 13.2. The third kappa shape index (κ3) is 8.82. The van der Waals surface area contributed by atoms with Crippen molar-refractivity contribution >= 4 is 29.6 Å². The molecule has 1 aliphatic rings. The molecular weight excluding hydrogens is 506 g/mol. The standard InChI is InChI=1S/C27H33N5O7/c28-20(13-18-8-10-19(33)11-9-18)25(36)30-15-23(34)29-16-24(35)31-21(14-17-5-2-1-3-6-17)26(37)32-12-4-7-22(32)27(38)39/h1-3,5-6,8-11,20-22,33H,4,7,12-16,28H2,(H,29,34)(H,30,36)(H,31,35)(H,38,39)/t20-,21-,22+/m0/s1. The van der Waals surface area contributed by atoms with E-state index in [1.807, 2.05) is 6.07 Å². The number of likely N-dealkylation sites (tertiary alicyclic amines) is 1. The van der Waals surface area contributed by atoms with Gasteiger partial charge in [0.15, 0.2) is 0 Å². The van der Waals surface area contributed by atoms with E-state index in [1.165, 1.54) is 17.0 Å². The van der Waals surface area contributed by atoms with Crippen LogP contribution in [0.3, 0.4) is 0 Å². The molecule has 0 spiro atoms. The van der Waals surface area contributed by atoms with Crippen LogP contribution in [-0.2, 0) is 36.8 Å². The van der Waals surface area contributed by atoms with Gasteiger partial charge in [-0.2, -0.15) is 0 Å². The Morgan fingerprint density at radius 3 is 2.21 bits per heavy atom. The Labute approximate surface area is 225 Å². The van der Waals surface area contributed by atoms with Gasteiger partial charge in [0.25, 0.3) is 0 Å². The Balaban J connectivity index is 1.50. The van der Waals surface area contributed by atoms with Crippen LogP contribution in [0.5, 0.6) is 5.75 Å². The van der Waals surface area contributed by atoms with E-state index >= 15 is 0 Å². The van der Waals surface area contributed by atoms with Gasteiger partial charge >= 0.3 is 5.97 Å². The summed E-state index contributed by atoms with van der Waals surface area (Å²) in [6, 6.07) is 12.3. The van der Waals surface area contributed by atoms with Crippen LogP contribution in [0, 0.1) is 0 Å². The zero-order valence-corrected chi connectivity index (χ0v) is 21.3. The number of carboxylic acids is 1. The van der Waals surface area contributed by atoms with Gasteiger partial charge in [0.2, 0.25) is 23.6 Å². The van der Waals surface area contributed by atoms with Gasteiger partial charge in [0.05, 0.1) is 19.1 Å². The predicted octanol–water partition coefficient (Wildman–Crippen LogP) is -0.702. The number of hydrogen-bond acceptors (Lipinski definition) is 7. The molecule has 4 amide bonds. The Hall–Kier alpha value is -4.45. The minimum Gasteiger partial charge on any atom is -0.508 e. The summed E-state index contributed by atoms with van der Waals surface area (Å²) < 4.78 is 0. The molecule has 2 aromatic rings. The van der Waals surface area contributed by atoms with E-state index in [1.54, 1.807) is 36.4 Å². The second-order valence-corrected chi connectivity index (χ2v) is 9.31. The second-order valence-electron chi connectivity index (χ2n) is 9.31. The van der Waals surface area contributed by atoms with Gasteiger partial charge in [-0.05, 0) is 42.5 Å². The molecular formula is C27H33N5O7. The van der Waals surface area contributed by atoms with Crippen LogP contribution in [-0.4, -0.2) is 82.5 Å². The molecule has 12 nitrogen and oxygen atoms in total. The highest BCUT2D eigenvalue weighted by molar-refractivity contribution is 5.93. The Morgan fingerprint density at radius 2 is 1.54 bits per heavy atom. The molecule has 1 heterocycles. The monoisotopic (exact) mass is 539 g/mol. The molecule has 1 aliphatic heterocycles. The first-order chi connectivity index (χ1) is 18.6. The SMILES string of the molecule is N[C@@H](Cc1ccc(O)cc1)C(=O)NCC(=O)NCC(=O)N[C@@H](Cc1ccccc1)C(=O)N1CCC[C@@H]1C(=O)O. The minimum atomic E-state index is -1.09. The van der Waals surface area contributed by atoms with Gasteiger partial charge in [0.1, 0.15) is 17.8 Å². The number of nitrogens with one attached hydrogen (secondary N) is 3. The highest BCUT2D eigenvalue weighted by Gasteiger charge is 2.37. The van der Waals surface area contributed by atoms with Crippen LogP contribution >= 0.6 is 0 Å². The number of carbonyl (C=O) groups excluding carboxylic acids is 4. The quantitative estimate of drug-likeness (QED) is 0.204. The summed E-state index contributed by atoms with van der Waals surface area (Å²) >= 11 is 0. The van der Waals surface area contributed by atoms with Crippen molar-refractivity contribution in [2.75, 3.05) is 19.6 Å². The number of carbonyl (C=O) groups is 5. The van der Waals surface area contributed by atoms with Gasteiger partial charge in [-0.25, -0.2) is 4.79 Å². The molecule has 0 bridgehead atoms. The zero-order chi connectivity index (χ0) is 28.4. The number of aromatic hydroxyl groups is 1. The highest BCUT2D eigenvalue weighted by Crippen LogP contribution is 2.19. The number of nitrogens with two attached hydrogens (primary N) is 1. The molecule has 0 aromatic heterocycles. The third-order valence-electron chi connectivity index (χ3n) is 6.33. The largest absolute Gasteiger partial charge is 0.508 e. The van der Waals surface area contributed by atoms with E-state index in [-0.39, 0.29) is 25.1 Å². The topological polar surface area (TPSA) is 191 Å². The average molecular weight is 540 g/mol. The maximum Gasteiger partial charge on any atom is 0.326 e. The summed E-state index contributed by atoms with van der Waals surface area (Å²) in [7, 11) is 0. The van der Waals surface area contributed by atoms with Crippen molar-refractivity contribution in [2.24, 2.45) is 5.73 Å². The normalized spacial score (nSPS) is 16.1. The van der Waals surface area contributed by atoms with Gasteiger partial charge in [-0.1, -0.05) is 42.5 Å².